The molecule has 0 amide bonds. The quantitative estimate of drug-likeness (QED) is 0.911. The van der Waals surface area contributed by atoms with Crippen LogP contribution < -0.4 is 4.74 Å². The summed E-state index contributed by atoms with van der Waals surface area (Å²) in [5.74, 6) is -0.116. The van der Waals surface area contributed by atoms with Crippen molar-refractivity contribution in [3.05, 3.63) is 53.1 Å². The average Bonchev–Trinajstić information content (AvgIpc) is 3.32. The molecule has 1 aliphatic carbocycles. The number of carbonyl (C=O) groups is 1. The van der Waals surface area contributed by atoms with Crippen LogP contribution in [-0.4, -0.2) is 28.2 Å². The second kappa shape index (κ2) is 5.89. The summed E-state index contributed by atoms with van der Waals surface area (Å²) in [6.45, 7) is 6.06. The van der Waals surface area contributed by atoms with Crippen molar-refractivity contribution < 1.29 is 14.6 Å². The van der Waals surface area contributed by atoms with Crippen LogP contribution in [0.25, 0.3) is 0 Å². The van der Waals surface area contributed by atoms with E-state index in [0.717, 1.165) is 22.5 Å². The van der Waals surface area contributed by atoms with E-state index < -0.39 is 11.4 Å². The van der Waals surface area contributed by atoms with E-state index in [4.69, 9.17) is 4.74 Å². The lowest BCUT2D eigenvalue weighted by molar-refractivity contribution is -0.140. The van der Waals surface area contributed by atoms with Crippen LogP contribution in [0.4, 0.5) is 0 Å². The van der Waals surface area contributed by atoms with Crippen molar-refractivity contribution in [2.24, 2.45) is 0 Å². The molecule has 0 bridgehead atoms. The molecule has 1 aromatic heterocycles. The summed E-state index contributed by atoms with van der Waals surface area (Å²) < 4.78 is 5.41. The summed E-state index contributed by atoms with van der Waals surface area (Å²) in [4.78, 5) is 21.0. The van der Waals surface area contributed by atoms with Crippen LogP contribution in [0.2, 0.25) is 0 Å². The van der Waals surface area contributed by atoms with Crippen LogP contribution >= 0.6 is 0 Å². The van der Waals surface area contributed by atoms with Gasteiger partial charge < -0.3 is 9.84 Å². The molecule has 2 atom stereocenters. The Morgan fingerprint density at radius 3 is 2.62 bits per heavy atom. The summed E-state index contributed by atoms with van der Waals surface area (Å²) in [5, 5.41) is 9.94. The van der Waals surface area contributed by atoms with Crippen LogP contribution in [0.1, 0.15) is 54.6 Å². The molecular weight excluding hydrogens is 304 g/mol. The van der Waals surface area contributed by atoms with E-state index in [2.05, 4.69) is 23.8 Å². The van der Waals surface area contributed by atoms with E-state index >= 15 is 0 Å². The molecular formula is C19H22N2O3. The first kappa shape index (κ1) is 16.4. The van der Waals surface area contributed by atoms with Crippen molar-refractivity contribution in [1.29, 1.82) is 0 Å². The van der Waals surface area contributed by atoms with Gasteiger partial charge in [0, 0.05) is 23.9 Å². The fourth-order valence-corrected chi connectivity index (χ4v) is 3.27. The van der Waals surface area contributed by atoms with Gasteiger partial charge in [-0.05, 0) is 25.3 Å². The minimum absolute atomic E-state index is 0.181. The minimum atomic E-state index is -0.981. The summed E-state index contributed by atoms with van der Waals surface area (Å²) in [7, 11) is 1.57. The van der Waals surface area contributed by atoms with E-state index in [1.54, 1.807) is 19.5 Å². The average molecular weight is 326 g/mol. The molecule has 1 aromatic carbocycles. The maximum Gasteiger partial charge on any atom is 0.314 e. The van der Waals surface area contributed by atoms with Crippen LogP contribution in [0.15, 0.2) is 30.6 Å². The van der Waals surface area contributed by atoms with E-state index in [-0.39, 0.29) is 5.92 Å². The van der Waals surface area contributed by atoms with Crippen LogP contribution in [-0.2, 0) is 10.2 Å². The predicted octanol–water partition coefficient (Wildman–Crippen LogP) is 3.43. The van der Waals surface area contributed by atoms with E-state index in [0.29, 0.717) is 18.1 Å². The molecule has 1 saturated carbocycles. The van der Waals surface area contributed by atoms with Gasteiger partial charge in [-0.3, -0.25) is 14.8 Å². The number of hydrogen-bond acceptors (Lipinski definition) is 4. The lowest BCUT2D eigenvalue weighted by Gasteiger charge is -2.17. The van der Waals surface area contributed by atoms with Gasteiger partial charge in [0.05, 0.1) is 18.5 Å². The molecule has 0 saturated heterocycles. The maximum absolute atomic E-state index is 12.1. The fourth-order valence-electron chi connectivity index (χ4n) is 3.27. The fraction of sp³-hybridized carbons (Fsp3) is 0.421. The first-order valence-corrected chi connectivity index (χ1v) is 8.10. The number of hydrogen-bond donors (Lipinski definition) is 1. The largest absolute Gasteiger partial charge is 0.496 e. The standard InChI is InChI=1S/C19H22N2O3/c1-11(2)15-9-21-16(10-20-15)14-8-19(14,18(22)23)13-7-12(3)5-6-17(13)24-4/h5-7,9-11,14H,8H2,1-4H3,(H,22,23)/t14-,19-/m0/s1. The number of aryl methyl sites for hydroxylation is 1. The van der Waals surface area contributed by atoms with E-state index in [9.17, 15) is 9.90 Å². The molecule has 0 aliphatic heterocycles. The van der Waals surface area contributed by atoms with Gasteiger partial charge >= 0.3 is 5.97 Å². The van der Waals surface area contributed by atoms with Crippen molar-refractivity contribution in [2.45, 2.75) is 44.4 Å². The first-order valence-electron chi connectivity index (χ1n) is 8.10. The molecule has 5 heteroatoms. The second-order valence-corrected chi connectivity index (χ2v) is 6.76. The molecule has 2 aromatic rings. The van der Waals surface area contributed by atoms with Crippen LogP contribution in [0.3, 0.4) is 0 Å². The number of methoxy groups -OCH3 is 1. The highest BCUT2D eigenvalue weighted by Gasteiger charge is 2.64. The normalized spacial score (nSPS) is 22.5. The Hall–Kier alpha value is -2.43. The number of carboxylic acids is 1. The minimum Gasteiger partial charge on any atom is -0.496 e. The number of rotatable bonds is 5. The van der Waals surface area contributed by atoms with Gasteiger partial charge in [0.25, 0.3) is 0 Å². The summed E-state index contributed by atoms with van der Waals surface area (Å²) >= 11 is 0. The van der Waals surface area contributed by atoms with Crippen LogP contribution in [0, 0.1) is 6.92 Å². The molecule has 1 aliphatic rings. The zero-order chi connectivity index (χ0) is 17.5. The van der Waals surface area contributed by atoms with Gasteiger partial charge in [-0.1, -0.05) is 31.5 Å². The van der Waals surface area contributed by atoms with Crippen molar-refractivity contribution in [2.75, 3.05) is 7.11 Å². The highest BCUT2D eigenvalue weighted by atomic mass is 16.5. The Bertz CT molecular complexity index is 771. The van der Waals surface area contributed by atoms with E-state index in [1.165, 1.54) is 0 Å². The predicted molar refractivity (Wildman–Crippen MR) is 90.5 cm³/mol. The lowest BCUT2D eigenvalue weighted by atomic mass is 9.90. The molecule has 3 rings (SSSR count). The third kappa shape index (κ3) is 2.54. The zero-order valence-corrected chi connectivity index (χ0v) is 14.4. The Morgan fingerprint density at radius 2 is 2.08 bits per heavy atom. The lowest BCUT2D eigenvalue weighted by Crippen LogP contribution is -2.23. The summed E-state index contributed by atoms with van der Waals surface area (Å²) in [6, 6.07) is 5.66. The molecule has 5 nitrogen and oxygen atoms in total. The molecule has 24 heavy (non-hydrogen) atoms. The van der Waals surface area contributed by atoms with E-state index in [1.807, 2.05) is 25.1 Å². The number of aromatic nitrogens is 2. The third-order valence-corrected chi connectivity index (χ3v) is 4.82. The SMILES string of the molecule is COc1ccc(C)cc1[C@@]1(C(=O)O)C[C@H]1c1cnc(C(C)C)cn1. The third-order valence-electron chi connectivity index (χ3n) is 4.82. The highest BCUT2D eigenvalue weighted by Crippen LogP contribution is 2.62. The molecule has 1 fully saturated rings. The number of carboxylic acid groups (broad SMARTS) is 1. The van der Waals surface area contributed by atoms with Gasteiger partial charge in [-0.15, -0.1) is 0 Å². The zero-order valence-electron chi connectivity index (χ0n) is 14.4. The van der Waals surface area contributed by atoms with Crippen molar-refractivity contribution in [3.63, 3.8) is 0 Å². The smallest absolute Gasteiger partial charge is 0.314 e. The Morgan fingerprint density at radius 1 is 1.33 bits per heavy atom. The molecule has 0 unspecified atom stereocenters. The van der Waals surface area contributed by atoms with Crippen molar-refractivity contribution in [1.82, 2.24) is 9.97 Å². The van der Waals surface area contributed by atoms with Gasteiger partial charge in [0.15, 0.2) is 0 Å². The molecule has 1 N–H and O–H groups in total. The molecule has 126 valence electrons. The number of nitrogens with zero attached hydrogens (tertiary/aromatic N) is 2. The van der Waals surface area contributed by atoms with Gasteiger partial charge in [-0.25, -0.2) is 0 Å². The monoisotopic (exact) mass is 326 g/mol. The molecule has 0 radical (unpaired) electrons. The molecule has 0 spiro atoms. The van der Waals surface area contributed by atoms with Crippen molar-refractivity contribution in [3.8, 4) is 5.75 Å². The summed E-state index contributed by atoms with van der Waals surface area (Å²) in [6.07, 6.45) is 3.98. The highest BCUT2D eigenvalue weighted by molar-refractivity contribution is 5.88. The van der Waals surface area contributed by atoms with Gasteiger partial charge in [0.1, 0.15) is 11.2 Å². The number of ether oxygens (including phenoxy) is 1. The first-order chi connectivity index (χ1) is 11.4. The van der Waals surface area contributed by atoms with Crippen LogP contribution in [0.5, 0.6) is 5.75 Å². The summed E-state index contributed by atoms with van der Waals surface area (Å²) in [5.41, 5.74) is 2.39. The Kier molecular flexibility index (Phi) is 4.03. The number of benzene rings is 1. The van der Waals surface area contributed by atoms with Gasteiger partial charge in [0.2, 0.25) is 0 Å². The van der Waals surface area contributed by atoms with Crippen molar-refractivity contribution >= 4 is 5.97 Å². The maximum atomic E-state index is 12.1. The second-order valence-electron chi connectivity index (χ2n) is 6.76. The topological polar surface area (TPSA) is 72.3 Å². The molecule has 1 heterocycles. The Labute approximate surface area is 141 Å². The number of aliphatic carboxylic acids is 1. The Balaban J connectivity index is 2.01. The van der Waals surface area contributed by atoms with Gasteiger partial charge in [-0.2, -0.15) is 0 Å².